The van der Waals surface area contributed by atoms with Gasteiger partial charge in [0.25, 0.3) is 0 Å². The average Bonchev–Trinajstić information content (AvgIpc) is 3.18. The van der Waals surface area contributed by atoms with Crippen LogP contribution in [-0.4, -0.2) is 49.0 Å². The Morgan fingerprint density at radius 3 is 2.42 bits per heavy atom. The van der Waals surface area contributed by atoms with Crippen molar-refractivity contribution < 1.29 is 18.0 Å². The zero-order chi connectivity index (χ0) is 22.4. The minimum Gasteiger partial charge on any atom is -0.356 e. The van der Waals surface area contributed by atoms with Gasteiger partial charge in [-0.2, -0.15) is 4.31 Å². The van der Waals surface area contributed by atoms with Crippen molar-refractivity contribution in [2.75, 3.05) is 19.6 Å². The van der Waals surface area contributed by atoms with Crippen molar-refractivity contribution in [3.05, 3.63) is 45.9 Å². The van der Waals surface area contributed by atoms with Gasteiger partial charge < -0.3 is 5.32 Å². The van der Waals surface area contributed by atoms with Gasteiger partial charge in [0, 0.05) is 42.2 Å². The zero-order valence-corrected chi connectivity index (χ0v) is 19.6. The molecule has 1 saturated heterocycles. The summed E-state index contributed by atoms with van der Waals surface area (Å²) in [6.45, 7) is 4.70. The van der Waals surface area contributed by atoms with E-state index in [2.05, 4.69) is 10.3 Å². The van der Waals surface area contributed by atoms with E-state index in [0.717, 1.165) is 30.0 Å². The second-order valence-corrected chi connectivity index (χ2v) is 10.8. The highest BCUT2D eigenvalue weighted by Gasteiger charge is 2.32. The smallest absolute Gasteiger partial charge is 0.243 e. The normalized spacial score (nSPS) is 15.7. The number of unbranched alkanes of at least 4 members (excludes halogenated alkanes) is 1. The topological polar surface area (TPSA) is 96.4 Å². The lowest BCUT2D eigenvalue weighted by atomic mass is 9.97. The van der Waals surface area contributed by atoms with Gasteiger partial charge in [-0.1, -0.05) is 12.1 Å². The number of sulfonamides is 1. The third-order valence-corrected chi connectivity index (χ3v) is 8.45. The van der Waals surface area contributed by atoms with E-state index in [1.54, 1.807) is 11.3 Å². The number of hydrogen-bond acceptors (Lipinski definition) is 6. The summed E-state index contributed by atoms with van der Waals surface area (Å²) >= 11 is 1.67. The molecule has 9 heteroatoms. The van der Waals surface area contributed by atoms with Gasteiger partial charge >= 0.3 is 0 Å². The van der Waals surface area contributed by atoms with Gasteiger partial charge in [0.1, 0.15) is 0 Å². The number of nitrogens with zero attached hydrogens (tertiary/aromatic N) is 2. The van der Waals surface area contributed by atoms with Crippen LogP contribution in [0, 0.1) is 12.8 Å². The van der Waals surface area contributed by atoms with Gasteiger partial charge in [0.05, 0.1) is 9.90 Å². The van der Waals surface area contributed by atoms with Crippen LogP contribution >= 0.6 is 11.3 Å². The van der Waals surface area contributed by atoms with Crippen molar-refractivity contribution >= 4 is 33.1 Å². The van der Waals surface area contributed by atoms with Crippen LogP contribution < -0.4 is 5.32 Å². The van der Waals surface area contributed by atoms with Crippen LogP contribution in [0.3, 0.4) is 0 Å². The number of nitrogens with one attached hydrogen (secondary N) is 1. The molecular formula is C22H29N3O4S2. The van der Waals surface area contributed by atoms with Crippen LogP contribution in [0.5, 0.6) is 0 Å². The number of ketones is 1. The molecule has 3 rings (SSSR count). The highest BCUT2D eigenvalue weighted by atomic mass is 32.2. The second-order valence-electron chi connectivity index (χ2n) is 7.89. The maximum Gasteiger partial charge on any atom is 0.243 e. The highest BCUT2D eigenvalue weighted by Crippen LogP contribution is 2.24. The van der Waals surface area contributed by atoms with Crippen LogP contribution in [0.15, 0.2) is 34.5 Å². The first-order valence-corrected chi connectivity index (χ1v) is 12.9. The van der Waals surface area contributed by atoms with Crippen molar-refractivity contribution in [2.45, 2.75) is 50.8 Å². The monoisotopic (exact) mass is 463 g/mol. The summed E-state index contributed by atoms with van der Waals surface area (Å²) in [5.41, 5.74) is 1.53. The molecule has 1 aromatic heterocycles. The summed E-state index contributed by atoms with van der Waals surface area (Å²) in [7, 11) is -3.62. The van der Waals surface area contributed by atoms with E-state index in [9.17, 15) is 18.0 Å². The first kappa shape index (κ1) is 23.6. The fourth-order valence-corrected chi connectivity index (χ4v) is 5.93. The Bertz CT molecular complexity index is 1010. The number of amides is 1. The molecule has 2 heterocycles. The second kappa shape index (κ2) is 10.5. The largest absolute Gasteiger partial charge is 0.356 e. The minimum atomic E-state index is -3.62. The Hall–Kier alpha value is -2.10. The number of carbonyl (C=O) groups is 2. The van der Waals surface area contributed by atoms with Gasteiger partial charge in [-0.15, -0.1) is 11.3 Å². The Balaban J connectivity index is 1.41. The fraction of sp³-hybridized carbons (Fsp3) is 0.500. The Morgan fingerprint density at radius 2 is 1.84 bits per heavy atom. The number of thiazole rings is 1. The standard InChI is InChI=1S/C22H29N3O4S2/c1-16-15-30-21(24-16)5-3-4-12-23-22(27)19-10-13-25(14-11-19)31(28,29)20-8-6-18(7-9-20)17(2)26/h6-9,15,19H,3-5,10-14H2,1-2H3,(H,23,27). The van der Waals surface area contributed by atoms with Crippen LogP contribution in [0.4, 0.5) is 0 Å². The number of rotatable bonds is 9. The summed E-state index contributed by atoms with van der Waals surface area (Å²) in [5.74, 6) is -0.254. The molecule has 1 N–H and O–H groups in total. The third kappa shape index (κ3) is 6.21. The van der Waals surface area contributed by atoms with E-state index in [1.807, 2.05) is 12.3 Å². The van der Waals surface area contributed by atoms with Crippen LogP contribution in [0.2, 0.25) is 0 Å². The van der Waals surface area contributed by atoms with Gasteiger partial charge in [-0.3, -0.25) is 9.59 Å². The molecule has 7 nitrogen and oxygen atoms in total. The lowest BCUT2D eigenvalue weighted by Gasteiger charge is -2.30. The van der Waals surface area contributed by atoms with Crippen LogP contribution in [0.1, 0.15) is 53.7 Å². The summed E-state index contributed by atoms with van der Waals surface area (Å²) < 4.78 is 27.1. The number of piperidine rings is 1. The van der Waals surface area contributed by atoms with Crippen molar-refractivity contribution in [1.82, 2.24) is 14.6 Å². The third-order valence-electron chi connectivity index (χ3n) is 5.51. The molecular weight excluding hydrogens is 434 g/mol. The van der Waals surface area contributed by atoms with E-state index in [4.69, 9.17) is 0 Å². The SMILES string of the molecule is CC(=O)c1ccc(S(=O)(=O)N2CCC(C(=O)NCCCCc3nc(C)cs3)CC2)cc1. The van der Waals surface area contributed by atoms with E-state index in [-0.39, 0.29) is 22.5 Å². The van der Waals surface area contributed by atoms with Gasteiger partial charge in [0.15, 0.2) is 5.78 Å². The average molecular weight is 464 g/mol. The van der Waals surface area contributed by atoms with E-state index in [0.29, 0.717) is 38.0 Å². The lowest BCUT2D eigenvalue weighted by Crippen LogP contribution is -2.43. The van der Waals surface area contributed by atoms with E-state index < -0.39 is 10.0 Å². The Kier molecular flexibility index (Phi) is 7.96. The quantitative estimate of drug-likeness (QED) is 0.455. The molecule has 0 unspecified atom stereocenters. The molecule has 0 aliphatic carbocycles. The predicted octanol–water partition coefficient (Wildman–Crippen LogP) is 3.19. The number of Topliss-reactive ketones (excluding diaryl/α,β-unsaturated/α-hetero) is 1. The summed E-state index contributed by atoms with van der Waals surface area (Å²) in [6, 6.07) is 6.01. The molecule has 0 radical (unpaired) electrons. The van der Waals surface area contributed by atoms with Crippen molar-refractivity contribution in [3.8, 4) is 0 Å². The van der Waals surface area contributed by atoms with Crippen molar-refractivity contribution in [3.63, 3.8) is 0 Å². The molecule has 168 valence electrons. The first-order chi connectivity index (χ1) is 14.8. The molecule has 1 aromatic carbocycles. The molecule has 0 atom stereocenters. The van der Waals surface area contributed by atoms with Crippen molar-refractivity contribution in [2.24, 2.45) is 5.92 Å². The molecule has 0 spiro atoms. The van der Waals surface area contributed by atoms with E-state index in [1.165, 1.54) is 35.5 Å². The number of aryl methyl sites for hydroxylation is 2. The molecule has 1 aliphatic rings. The van der Waals surface area contributed by atoms with Crippen LogP contribution in [0.25, 0.3) is 0 Å². The number of aromatic nitrogens is 1. The van der Waals surface area contributed by atoms with E-state index >= 15 is 0 Å². The van der Waals surface area contributed by atoms with Crippen LogP contribution in [-0.2, 0) is 21.2 Å². The summed E-state index contributed by atoms with van der Waals surface area (Å²) in [5, 5.41) is 6.17. The number of benzene rings is 1. The number of hydrogen-bond donors (Lipinski definition) is 1. The van der Waals surface area contributed by atoms with Gasteiger partial charge in [-0.25, -0.2) is 13.4 Å². The molecule has 31 heavy (non-hydrogen) atoms. The number of carbonyl (C=O) groups excluding carboxylic acids is 2. The molecule has 0 bridgehead atoms. The molecule has 2 aromatic rings. The first-order valence-electron chi connectivity index (χ1n) is 10.6. The Morgan fingerprint density at radius 1 is 1.16 bits per heavy atom. The lowest BCUT2D eigenvalue weighted by molar-refractivity contribution is -0.126. The summed E-state index contributed by atoms with van der Waals surface area (Å²) in [4.78, 5) is 28.4. The molecule has 1 aliphatic heterocycles. The predicted molar refractivity (Wildman–Crippen MR) is 121 cm³/mol. The maximum atomic E-state index is 12.8. The maximum absolute atomic E-state index is 12.8. The van der Waals surface area contributed by atoms with Gasteiger partial charge in [0.2, 0.25) is 15.9 Å². The minimum absolute atomic E-state index is 0.00736. The zero-order valence-electron chi connectivity index (χ0n) is 18.0. The van der Waals surface area contributed by atoms with Crippen molar-refractivity contribution in [1.29, 1.82) is 0 Å². The highest BCUT2D eigenvalue weighted by molar-refractivity contribution is 7.89. The van der Waals surface area contributed by atoms with Gasteiger partial charge in [-0.05, 0) is 58.1 Å². The molecule has 0 saturated carbocycles. The fourth-order valence-electron chi connectivity index (χ4n) is 3.64. The molecule has 1 amide bonds. The molecule has 1 fully saturated rings. The summed E-state index contributed by atoms with van der Waals surface area (Å²) in [6.07, 6.45) is 3.82. The Labute approximate surface area is 187 Å².